The molecule has 1 rings (SSSR count). The lowest BCUT2D eigenvalue weighted by Crippen LogP contribution is -2.45. The largest absolute Gasteiger partial charge is 0.481 e. The van der Waals surface area contributed by atoms with Crippen LogP contribution < -0.4 is 0 Å². The molecule has 1 saturated carbocycles. The maximum atomic E-state index is 10.8. The van der Waals surface area contributed by atoms with E-state index in [1.54, 1.807) is 14.0 Å². The second-order valence-electron chi connectivity index (χ2n) is 4.10. The molecule has 0 aromatic rings. The van der Waals surface area contributed by atoms with Crippen LogP contribution in [0.2, 0.25) is 0 Å². The smallest absolute Gasteiger partial charge is 0.309 e. The van der Waals surface area contributed by atoms with Crippen LogP contribution in [-0.4, -0.2) is 35.0 Å². The molecular formula is C10H18O4. The second-order valence-corrected chi connectivity index (χ2v) is 4.10. The van der Waals surface area contributed by atoms with E-state index >= 15 is 0 Å². The Morgan fingerprint density at radius 2 is 2.00 bits per heavy atom. The summed E-state index contributed by atoms with van der Waals surface area (Å²) in [5, 5.41) is 18.9. The van der Waals surface area contributed by atoms with Gasteiger partial charge in [0.15, 0.2) is 0 Å². The summed E-state index contributed by atoms with van der Waals surface area (Å²) >= 11 is 0. The van der Waals surface area contributed by atoms with Crippen LogP contribution in [0.3, 0.4) is 0 Å². The molecule has 1 aliphatic carbocycles. The molecule has 0 aromatic carbocycles. The van der Waals surface area contributed by atoms with Crippen LogP contribution in [0.4, 0.5) is 0 Å². The summed E-state index contributed by atoms with van der Waals surface area (Å²) in [6.45, 7) is 1.56. The molecule has 0 saturated heterocycles. The van der Waals surface area contributed by atoms with E-state index in [1.165, 1.54) is 0 Å². The fourth-order valence-electron chi connectivity index (χ4n) is 1.99. The first kappa shape index (κ1) is 11.5. The van der Waals surface area contributed by atoms with E-state index in [-0.39, 0.29) is 6.10 Å². The Labute approximate surface area is 83.9 Å². The molecule has 1 atom stereocenters. The zero-order chi connectivity index (χ0) is 10.8. The van der Waals surface area contributed by atoms with Crippen LogP contribution in [0.1, 0.15) is 32.6 Å². The van der Waals surface area contributed by atoms with E-state index in [2.05, 4.69) is 0 Å². The van der Waals surface area contributed by atoms with Crippen LogP contribution >= 0.6 is 0 Å². The number of carboxylic acid groups (broad SMARTS) is 1. The van der Waals surface area contributed by atoms with Crippen LogP contribution in [0.15, 0.2) is 0 Å². The maximum Gasteiger partial charge on any atom is 0.309 e. The van der Waals surface area contributed by atoms with Gasteiger partial charge >= 0.3 is 5.97 Å². The van der Waals surface area contributed by atoms with E-state index in [0.717, 1.165) is 12.8 Å². The zero-order valence-electron chi connectivity index (χ0n) is 8.69. The van der Waals surface area contributed by atoms with E-state index in [4.69, 9.17) is 9.84 Å². The molecule has 1 aliphatic rings. The Morgan fingerprint density at radius 1 is 1.50 bits per heavy atom. The van der Waals surface area contributed by atoms with Gasteiger partial charge < -0.3 is 14.9 Å². The van der Waals surface area contributed by atoms with Crippen molar-refractivity contribution in [1.29, 1.82) is 0 Å². The van der Waals surface area contributed by atoms with Gasteiger partial charge in [-0.1, -0.05) is 0 Å². The highest BCUT2D eigenvalue weighted by molar-refractivity contribution is 5.71. The first-order valence-corrected chi connectivity index (χ1v) is 4.97. The normalized spacial score (nSPS) is 35.2. The molecular weight excluding hydrogens is 184 g/mol. The molecule has 0 heterocycles. The van der Waals surface area contributed by atoms with Crippen LogP contribution in [-0.2, 0) is 9.53 Å². The van der Waals surface area contributed by atoms with Crippen LogP contribution in [0, 0.1) is 5.92 Å². The summed E-state index contributed by atoms with van der Waals surface area (Å²) < 4.78 is 5.17. The van der Waals surface area contributed by atoms with Crippen molar-refractivity contribution in [3.8, 4) is 0 Å². The minimum atomic E-state index is -1.04. The van der Waals surface area contributed by atoms with Gasteiger partial charge in [-0.05, 0) is 32.6 Å². The molecule has 0 aliphatic heterocycles. The summed E-state index contributed by atoms with van der Waals surface area (Å²) in [6.07, 6.45) is 2.68. The highest BCUT2D eigenvalue weighted by Gasteiger charge is 2.41. The summed E-state index contributed by atoms with van der Waals surface area (Å²) in [6, 6.07) is 0. The van der Waals surface area contributed by atoms with Crippen molar-refractivity contribution >= 4 is 5.97 Å². The van der Waals surface area contributed by atoms with Crippen molar-refractivity contribution in [2.24, 2.45) is 5.92 Å². The van der Waals surface area contributed by atoms with Gasteiger partial charge in [-0.25, -0.2) is 0 Å². The van der Waals surface area contributed by atoms with Gasteiger partial charge in [0.1, 0.15) is 0 Å². The molecule has 82 valence electrons. The number of carbonyl (C=O) groups is 1. The van der Waals surface area contributed by atoms with Gasteiger partial charge in [-0.3, -0.25) is 4.79 Å². The minimum absolute atomic E-state index is 0.177. The Hall–Kier alpha value is -0.610. The number of hydrogen-bond donors (Lipinski definition) is 2. The van der Waals surface area contributed by atoms with E-state index in [9.17, 15) is 9.90 Å². The number of hydrogen-bond acceptors (Lipinski definition) is 3. The van der Waals surface area contributed by atoms with E-state index in [1.807, 2.05) is 0 Å². The van der Waals surface area contributed by atoms with Crippen LogP contribution in [0.5, 0.6) is 0 Å². The highest BCUT2D eigenvalue weighted by atomic mass is 16.5. The molecule has 0 bridgehead atoms. The number of carboxylic acids is 1. The van der Waals surface area contributed by atoms with Crippen molar-refractivity contribution in [2.45, 2.75) is 44.3 Å². The SMILES string of the molecule is COC1CCC(O)(C(C)C(=O)O)CC1. The van der Waals surface area contributed by atoms with Crippen molar-refractivity contribution < 1.29 is 19.7 Å². The summed E-state index contributed by atoms with van der Waals surface area (Å²) in [5.41, 5.74) is -1.04. The highest BCUT2D eigenvalue weighted by Crippen LogP contribution is 2.35. The molecule has 0 spiro atoms. The zero-order valence-corrected chi connectivity index (χ0v) is 8.69. The molecule has 14 heavy (non-hydrogen) atoms. The third kappa shape index (κ3) is 2.25. The van der Waals surface area contributed by atoms with Gasteiger partial charge in [0.2, 0.25) is 0 Å². The molecule has 0 radical (unpaired) electrons. The van der Waals surface area contributed by atoms with Crippen molar-refractivity contribution in [2.75, 3.05) is 7.11 Å². The average Bonchev–Trinajstić information content (AvgIpc) is 2.18. The topological polar surface area (TPSA) is 66.8 Å². The number of aliphatic carboxylic acids is 1. The van der Waals surface area contributed by atoms with Gasteiger partial charge in [-0.15, -0.1) is 0 Å². The first-order valence-electron chi connectivity index (χ1n) is 4.97. The number of rotatable bonds is 3. The Balaban J connectivity index is 2.57. The maximum absolute atomic E-state index is 10.8. The predicted molar refractivity (Wildman–Crippen MR) is 51.0 cm³/mol. The van der Waals surface area contributed by atoms with E-state index < -0.39 is 17.5 Å². The Bertz CT molecular complexity index is 206. The summed E-state index contributed by atoms with van der Waals surface area (Å²) in [7, 11) is 1.65. The lowest BCUT2D eigenvalue weighted by molar-refractivity contribution is -0.155. The average molecular weight is 202 g/mol. The first-order chi connectivity index (χ1) is 6.49. The second kappa shape index (κ2) is 4.28. The third-order valence-electron chi connectivity index (χ3n) is 3.31. The van der Waals surface area contributed by atoms with Crippen molar-refractivity contribution in [3.63, 3.8) is 0 Å². The quantitative estimate of drug-likeness (QED) is 0.717. The molecule has 1 fully saturated rings. The fraction of sp³-hybridized carbons (Fsp3) is 0.900. The third-order valence-corrected chi connectivity index (χ3v) is 3.31. The standard InChI is InChI=1S/C10H18O4/c1-7(9(11)12)10(13)5-3-8(14-2)4-6-10/h7-8,13H,3-6H2,1-2H3,(H,11,12). The Kier molecular flexibility index (Phi) is 3.50. The van der Waals surface area contributed by atoms with Gasteiger partial charge in [-0.2, -0.15) is 0 Å². The van der Waals surface area contributed by atoms with Gasteiger partial charge in [0, 0.05) is 7.11 Å². The molecule has 1 unspecified atom stereocenters. The van der Waals surface area contributed by atoms with Gasteiger partial charge in [0.05, 0.1) is 17.6 Å². The fourth-order valence-corrected chi connectivity index (χ4v) is 1.99. The van der Waals surface area contributed by atoms with E-state index in [0.29, 0.717) is 12.8 Å². The lowest BCUT2D eigenvalue weighted by Gasteiger charge is -2.38. The Morgan fingerprint density at radius 3 is 2.36 bits per heavy atom. The minimum Gasteiger partial charge on any atom is -0.481 e. The molecule has 2 N–H and O–H groups in total. The molecule has 0 amide bonds. The monoisotopic (exact) mass is 202 g/mol. The number of aliphatic hydroxyl groups is 1. The van der Waals surface area contributed by atoms with Crippen molar-refractivity contribution in [1.82, 2.24) is 0 Å². The summed E-state index contributed by atoms with van der Waals surface area (Å²) in [5.74, 6) is -1.62. The predicted octanol–water partition coefficient (Wildman–Crippen LogP) is 1.03. The summed E-state index contributed by atoms with van der Waals surface area (Å²) in [4.78, 5) is 10.8. The van der Waals surface area contributed by atoms with Crippen molar-refractivity contribution in [3.05, 3.63) is 0 Å². The number of methoxy groups -OCH3 is 1. The molecule has 4 heteroatoms. The lowest BCUT2D eigenvalue weighted by atomic mass is 9.75. The molecule has 0 aromatic heterocycles. The van der Waals surface area contributed by atoms with Crippen LogP contribution in [0.25, 0.3) is 0 Å². The number of ether oxygens (including phenoxy) is 1. The van der Waals surface area contributed by atoms with Gasteiger partial charge in [0.25, 0.3) is 0 Å². The molecule has 4 nitrogen and oxygen atoms in total.